The third-order valence-electron chi connectivity index (χ3n) is 4.66. The van der Waals surface area contributed by atoms with Crippen molar-refractivity contribution in [1.82, 2.24) is 20.2 Å². The number of halogens is 3. The molecule has 3 aliphatic rings. The van der Waals surface area contributed by atoms with Crippen molar-refractivity contribution >= 4 is 16.8 Å². The number of alkyl halides is 3. The predicted octanol–water partition coefficient (Wildman–Crippen LogP) is 2.69. The number of piperidine rings is 1. The van der Waals surface area contributed by atoms with Gasteiger partial charge in [0.05, 0.1) is 23.2 Å². The van der Waals surface area contributed by atoms with E-state index in [0.717, 1.165) is 35.1 Å². The number of nitrogens with one attached hydrogen (secondary N) is 2. The third kappa shape index (κ3) is 2.98. The van der Waals surface area contributed by atoms with Crippen LogP contribution in [0.25, 0.3) is 22.3 Å². The van der Waals surface area contributed by atoms with Gasteiger partial charge in [0.15, 0.2) is 0 Å². The van der Waals surface area contributed by atoms with E-state index in [0.29, 0.717) is 18.7 Å². The number of hydrogen-bond donors (Lipinski definition) is 2. The van der Waals surface area contributed by atoms with Gasteiger partial charge in [0, 0.05) is 30.7 Å². The van der Waals surface area contributed by atoms with Crippen LogP contribution < -0.4 is 5.32 Å². The first kappa shape index (κ1) is 15.4. The van der Waals surface area contributed by atoms with Gasteiger partial charge in [-0.15, -0.1) is 0 Å². The van der Waals surface area contributed by atoms with E-state index in [2.05, 4.69) is 15.3 Å². The van der Waals surface area contributed by atoms with Crippen molar-refractivity contribution in [3.63, 3.8) is 0 Å². The third-order valence-corrected chi connectivity index (χ3v) is 4.66. The van der Waals surface area contributed by atoms with Crippen LogP contribution in [0, 0.1) is 0 Å². The van der Waals surface area contributed by atoms with Gasteiger partial charge in [-0.2, -0.15) is 13.2 Å². The van der Waals surface area contributed by atoms with Crippen molar-refractivity contribution in [3.05, 3.63) is 17.8 Å². The first-order chi connectivity index (χ1) is 11.4. The molecular formula is C16H17F3N4O. The predicted molar refractivity (Wildman–Crippen MR) is 82.7 cm³/mol. The van der Waals surface area contributed by atoms with Crippen molar-refractivity contribution in [1.29, 1.82) is 0 Å². The summed E-state index contributed by atoms with van der Waals surface area (Å²) in [6.07, 6.45) is -1.71. The summed E-state index contributed by atoms with van der Waals surface area (Å²) in [5, 5.41) is 3.82. The molecule has 3 heterocycles. The normalized spacial score (nSPS) is 20.4. The van der Waals surface area contributed by atoms with Crippen molar-refractivity contribution < 1.29 is 18.0 Å². The highest BCUT2D eigenvalue weighted by atomic mass is 19.4. The fourth-order valence-electron chi connectivity index (χ4n) is 3.41. The van der Waals surface area contributed by atoms with E-state index in [9.17, 15) is 18.0 Å². The Kier molecular flexibility index (Phi) is 3.52. The number of H-pyrrole nitrogens is 1. The molecule has 1 aromatic heterocycles. The number of rotatable bonds is 4. The van der Waals surface area contributed by atoms with Gasteiger partial charge in [-0.25, -0.2) is 4.98 Å². The average Bonchev–Trinajstić information content (AvgIpc) is 3.00. The second-order valence-electron chi connectivity index (χ2n) is 6.46. The van der Waals surface area contributed by atoms with Crippen LogP contribution in [0.3, 0.4) is 0 Å². The number of fused-ring (bicyclic) bond motifs is 3. The van der Waals surface area contributed by atoms with Gasteiger partial charge in [-0.1, -0.05) is 0 Å². The van der Waals surface area contributed by atoms with E-state index in [1.807, 2.05) is 6.07 Å². The Morgan fingerprint density at radius 1 is 1.46 bits per heavy atom. The summed E-state index contributed by atoms with van der Waals surface area (Å²) in [5.74, 6) is -0.186. The molecule has 1 fully saturated rings. The zero-order chi connectivity index (χ0) is 16.9. The maximum absolute atomic E-state index is 12.5. The van der Waals surface area contributed by atoms with Gasteiger partial charge in [0.25, 0.3) is 5.91 Å². The lowest BCUT2D eigenvalue weighted by molar-refractivity contribution is -0.138. The summed E-state index contributed by atoms with van der Waals surface area (Å²) in [7, 11) is 0. The SMILES string of the molecule is O=C(N[C@H]1CCCN(CCC(F)(F)F)C1)c1c[nH]c2c3nc-3cc12. The van der Waals surface area contributed by atoms with Crippen LogP contribution in [-0.2, 0) is 0 Å². The van der Waals surface area contributed by atoms with Gasteiger partial charge < -0.3 is 15.2 Å². The van der Waals surface area contributed by atoms with Gasteiger partial charge >= 0.3 is 6.18 Å². The highest BCUT2D eigenvalue weighted by Gasteiger charge is 2.30. The van der Waals surface area contributed by atoms with Crippen LogP contribution >= 0.6 is 0 Å². The zero-order valence-electron chi connectivity index (χ0n) is 12.9. The lowest BCUT2D eigenvalue weighted by atomic mass is 10.0. The molecule has 128 valence electrons. The molecule has 1 aromatic rings. The minimum atomic E-state index is -4.14. The summed E-state index contributed by atoms with van der Waals surface area (Å²) in [4.78, 5) is 21.5. The lowest BCUT2D eigenvalue weighted by Crippen LogP contribution is -2.48. The molecule has 0 radical (unpaired) electrons. The number of hydrogen-bond acceptors (Lipinski definition) is 3. The van der Waals surface area contributed by atoms with Crippen LogP contribution in [0.4, 0.5) is 13.2 Å². The highest BCUT2D eigenvalue weighted by molar-refractivity contribution is 6.13. The highest BCUT2D eigenvalue weighted by Crippen LogP contribution is 2.39. The number of nitrogens with zero attached hydrogens (tertiary/aromatic N) is 2. The van der Waals surface area contributed by atoms with E-state index in [1.165, 1.54) is 0 Å². The number of likely N-dealkylation sites (tertiary alicyclic amines) is 1. The zero-order valence-corrected chi connectivity index (χ0v) is 12.9. The minimum Gasteiger partial charge on any atom is -0.359 e. The molecule has 1 aliphatic carbocycles. The quantitative estimate of drug-likeness (QED) is 0.769. The first-order valence-corrected chi connectivity index (χ1v) is 8.03. The molecule has 24 heavy (non-hydrogen) atoms. The summed E-state index contributed by atoms with van der Waals surface area (Å²) >= 11 is 0. The molecule has 1 amide bonds. The maximum atomic E-state index is 12.5. The van der Waals surface area contributed by atoms with Crippen LogP contribution in [0.5, 0.6) is 0 Å². The maximum Gasteiger partial charge on any atom is 0.390 e. The van der Waals surface area contributed by atoms with Crippen molar-refractivity contribution in [2.75, 3.05) is 19.6 Å². The Bertz CT molecular complexity index is 798. The van der Waals surface area contributed by atoms with Gasteiger partial charge in [-0.05, 0) is 25.5 Å². The molecule has 0 unspecified atom stereocenters. The summed E-state index contributed by atoms with van der Waals surface area (Å²) in [6.45, 7) is 1.09. The topological polar surface area (TPSA) is 61.0 Å². The van der Waals surface area contributed by atoms with Gasteiger partial charge in [0.2, 0.25) is 0 Å². The average molecular weight is 338 g/mol. The molecular weight excluding hydrogens is 321 g/mol. The summed E-state index contributed by atoms with van der Waals surface area (Å²) in [5.41, 5.74) is 3.28. The fraction of sp³-hybridized carbons (Fsp3) is 0.500. The van der Waals surface area contributed by atoms with Crippen molar-refractivity contribution in [2.45, 2.75) is 31.5 Å². The summed E-state index contributed by atoms with van der Waals surface area (Å²) < 4.78 is 37.1. The second-order valence-corrected chi connectivity index (χ2v) is 6.46. The number of aromatic nitrogens is 2. The molecule has 5 nitrogen and oxygen atoms in total. The van der Waals surface area contributed by atoms with E-state index in [-0.39, 0.29) is 18.5 Å². The number of carbonyl (C=O) groups is 1. The smallest absolute Gasteiger partial charge is 0.359 e. The fourth-order valence-corrected chi connectivity index (χ4v) is 3.41. The van der Waals surface area contributed by atoms with Crippen LogP contribution in [0.2, 0.25) is 0 Å². The molecule has 1 saturated heterocycles. The molecule has 0 bridgehead atoms. The lowest BCUT2D eigenvalue weighted by Gasteiger charge is -2.33. The number of aromatic amines is 1. The monoisotopic (exact) mass is 338 g/mol. The molecule has 0 aromatic carbocycles. The molecule has 1 atom stereocenters. The Morgan fingerprint density at radius 2 is 2.29 bits per heavy atom. The van der Waals surface area contributed by atoms with Crippen LogP contribution in [0.15, 0.2) is 12.3 Å². The van der Waals surface area contributed by atoms with E-state index in [1.54, 1.807) is 11.1 Å². The van der Waals surface area contributed by atoms with Gasteiger partial charge in [0.1, 0.15) is 5.69 Å². The minimum absolute atomic E-state index is 0.0126. The molecule has 8 heteroatoms. The molecule has 2 N–H and O–H groups in total. The first-order valence-electron chi connectivity index (χ1n) is 8.03. The molecule has 0 spiro atoms. The van der Waals surface area contributed by atoms with E-state index < -0.39 is 12.6 Å². The van der Waals surface area contributed by atoms with Crippen molar-refractivity contribution in [2.24, 2.45) is 0 Å². The van der Waals surface area contributed by atoms with Crippen LogP contribution in [0.1, 0.15) is 29.6 Å². The largest absolute Gasteiger partial charge is 0.390 e. The van der Waals surface area contributed by atoms with E-state index in [4.69, 9.17) is 0 Å². The Balaban J connectivity index is 1.37. The molecule has 0 saturated carbocycles. The Morgan fingerprint density at radius 3 is 3.08 bits per heavy atom. The number of pyridine rings is 1. The van der Waals surface area contributed by atoms with Gasteiger partial charge in [-0.3, -0.25) is 4.79 Å². The molecule has 2 aliphatic heterocycles. The Labute approximate surface area is 136 Å². The van der Waals surface area contributed by atoms with Crippen molar-refractivity contribution in [3.8, 4) is 11.4 Å². The number of carbonyl (C=O) groups excluding carboxylic acids is 1. The standard InChI is InChI=1S/C16H17F3N4O/c17-16(18,19)3-5-23-4-1-2-9(8-23)21-15(24)11-7-20-13-10(11)6-12-14(13)22-12/h6-7,9,20H,1-5,8H2,(H,21,24)/t9-/m0/s1. The number of amides is 1. The second kappa shape index (κ2) is 5.47. The molecule has 4 rings (SSSR count). The summed E-state index contributed by atoms with van der Waals surface area (Å²) in [6, 6.07) is 1.76. The Hall–Kier alpha value is -2.09. The van der Waals surface area contributed by atoms with E-state index >= 15 is 0 Å². The van der Waals surface area contributed by atoms with Crippen LogP contribution in [-0.4, -0.2) is 52.6 Å².